The molecule has 0 unspecified atom stereocenters. The van der Waals surface area contributed by atoms with E-state index >= 15 is 0 Å². The summed E-state index contributed by atoms with van der Waals surface area (Å²) in [7, 11) is 0. The van der Waals surface area contributed by atoms with Crippen LogP contribution >= 0.6 is 11.8 Å². The maximum atomic E-state index is 11.9. The van der Waals surface area contributed by atoms with Crippen molar-refractivity contribution in [2.24, 2.45) is 0 Å². The second-order valence-electron chi connectivity index (χ2n) is 5.09. The van der Waals surface area contributed by atoms with Gasteiger partial charge in [-0.05, 0) is 24.3 Å². The summed E-state index contributed by atoms with van der Waals surface area (Å²) >= 11 is 1.47. The summed E-state index contributed by atoms with van der Waals surface area (Å²) in [5.74, 6) is -0.800. The molecule has 0 radical (unpaired) electrons. The first-order chi connectivity index (χ1) is 11.5. The molecule has 1 aliphatic rings. The molecule has 0 aromatic heterocycles. The number of rotatable bonds is 7. The van der Waals surface area contributed by atoms with Gasteiger partial charge in [0.2, 0.25) is 11.8 Å². The molecule has 0 bridgehead atoms. The number of anilines is 1. The van der Waals surface area contributed by atoms with Crippen LogP contribution in [0.5, 0.6) is 0 Å². The van der Waals surface area contributed by atoms with Crippen LogP contribution in [0.25, 0.3) is 0 Å². The molecule has 9 heteroatoms. The molecule has 0 aliphatic carbocycles. The van der Waals surface area contributed by atoms with Gasteiger partial charge in [0.15, 0.2) is 0 Å². The molecule has 0 atom stereocenters. The highest BCUT2D eigenvalue weighted by Gasteiger charge is 2.22. The van der Waals surface area contributed by atoms with E-state index in [-0.39, 0.29) is 37.2 Å². The summed E-state index contributed by atoms with van der Waals surface area (Å²) in [6.45, 7) is 0.0534. The Morgan fingerprint density at radius 1 is 1.21 bits per heavy atom. The minimum Gasteiger partial charge on any atom is -0.481 e. The second kappa shape index (κ2) is 8.34. The molecule has 1 saturated heterocycles. The Kier molecular flexibility index (Phi) is 6.19. The predicted octanol–water partition coefficient (Wildman–Crippen LogP) is 0.362. The lowest BCUT2D eigenvalue weighted by Gasteiger charge is -2.14. The van der Waals surface area contributed by atoms with Gasteiger partial charge in [-0.3, -0.25) is 19.2 Å². The van der Waals surface area contributed by atoms with Crippen LogP contribution in [0.15, 0.2) is 24.3 Å². The van der Waals surface area contributed by atoms with Crippen LogP contribution in [0.3, 0.4) is 0 Å². The van der Waals surface area contributed by atoms with E-state index in [0.29, 0.717) is 22.9 Å². The number of carbonyl (C=O) groups excluding carboxylic acids is 3. The van der Waals surface area contributed by atoms with Crippen LogP contribution in [-0.2, 0) is 14.4 Å². The third kappa shape index (κ3) is 5.27. The second-order valence-corrected chi connectivity index (χ2v) is 6.05. The van der Waals surface area contributed by atoms with E-state index in [9.17, 15) is 19.2 Å². The summed E-state index contributed by atoms with van der Waals surface area (Å²) in [5, 5.41) is 13.7. The highest BCUT2D eigenvalue weighted by Crippen LogP contribution is 2.15. The largest absolute Gasteiger partial charge is 0.481 e. The molecule has 1 aromatic carbocycles. The number of nitrogens with one attached hydrogen (secondary N) is 2. The number of carboxylic acid groups (broad SMARTS) is 1. The molecule has 2 rings (SSSR count). The SMILES string of the molecule is O=C(O)CCNC(=O)c1ccc(NC(=O)CN2CSCC2=O)cc1. The highest BCUT2D eigenvalue weighted by molar-refractivity contribution is 8.00. The lowest BCUT2D eigenvalue weighted by atomic mass is 10.2. The third-order valence-electron chi connectivity index (χ3n) is 3.22. The summed E-state index contributed by atoms with van der Waals surface area (Å²) in [5.41, 5.74) is 0.880. The average Bonchev–Trinajstić information content (AvgIpc) is 2.92. The monoisotopic (exact) mass is 351 g/mol. The van der Waals surface area contributed by atoms with Crippen LogP contribution < -0.4 is 10.6 Å². The van der Waals surface area contributed by atoms with Gasteiger partial charge < -0.3 is 20.6 Å². The molecule has 0 saturated carbocycles. The van der Waals surface area contributed by atoms with Gasteiger partial charge in [-0.15, -0.1) is 11.8 Å². The number of carboxylic acids is 1. The number of hydrogen-bond donors (Lipinski definition) is 3. The van der Waals surface area contributed by atoms with Gasteiger partial charge in [0, 0.05) is 17.8 Å². The molecule has 3 N–H and O–H groups in total. The fourth-order valence-corrected chi connectivity index (χ4v) is 2.91. The average molecular weight is 351 g/mol. The number of nitrogens with zero attached hydrogens (tertiary/aromatic N) is 1. The van der Waals surface area contributed by atoms with Crippen LogP contribution in [0.4, 0.5) is 5.69 Å². The number of benzene rings is 1. The van der Waals surface area contributed by atoms with Crippen molar-refractivity contribution in [2.75, 3.05) is 30.0 Å². The first-order valence-corrected chi connectivity index (χ1v) is 8.36. The van der Waals surface area contributed by atoms with Gasteiger partial charge in [-0.2, -0.15) is 0 Å². The van der Waals surface area contributed by atoms with Crippen LogP contribution in [-0.4, -0.2) is 58.4 Å². The van der Waals surface area contributed by atoms with Gasteiger partial charge in [0.1, 0.15) is 6.54 Å². The fraction of sp³-hybridized carbons (Fsp3) is 0.333. The Bertz CT molecular complexity index is 647. The van der Waals surface area contributed by atoms with Crippen molar-refractivity contribution in [2.45, 2.75) is 6.42 Å². The van der Waals surface area contributed by atoms with Crippen molar-refractivity contribution in [3.05, 3.63) is 29.8 Å². The Balaban J connectivity index is 1.82. The van der Waals surface area contributed by atoms with E-state index < -0.39 is 5.97 Å². The van der Waals surface area contributed by atoms with Crippen molar-refractivity contribution in [3.63, 3.8) is 0 Å². The molecule has 1 heterocycles. The molecule has 128 valence electrons. The zero-order chi connectivity index (χ0) is 17.5. The van der Waals surface area contributed by atoms with E-state index in [4.69, 9.17) is 5.11 Å². The van der Waals surface area contributed by atoms with Crippen molar-refractivity contribution in [1.82, 2.24) is 10.2 Å². The molecule has 1 aromatic rings. The van der Waals surface area contributed by atoms with Gasteiger partial charge in [0.05, 0.1) is 18.1 Å². The highest BCUT2D eigenvalue weighted by atomic mass is 32.2. The Morgan fingerprint density at radius 2 is 1.92 bits per heavy atom. The molecular formula is C15H17N3O5S. The van der Waals surface area contributed by atoms with E-state index in [1.54, 1.807) is 12.1 Å². The van der Waals surface area contributed by atoms with Crippen LogP contribution in [0.1, 0.15) is 16.8 Å². The van der Waals surface area contributed by atoms with Crippen molar-refractivity contribution >= 4 is 41.1 Å². The molecule has 1 fully saturated rings. The lowest BCUT2D eigenvalue weighted by molar-refractivity contribution is -0.136. The smallest absolute Gasteiger partial charge is 0.305 e. The molecule has 0 spiro atoms. The number of hydrogen-bond acceptors (Lipinski definition) is 5. The number of aliphatic carboxylic acids is 1. The molecule has 1 aliphatic heterocycles. The van der Waals surface area contributed by atoms with Crippen molar-refractivity contribution in [3.8, 4) is 0 Å². The zero-order valence-corrected chi connectivity index (χ0v) is 13.6. The summed E-state index contributed by atoms with van der Waals surface area (Å²) in [6.07, 6.45) is -0.145. The third-order valence-corrected chi connectivity index (χ3v) is 4.16. The molecule has 8 nitrogen and oxygen atoms in total. The van der Waals surface area contributed by atoms with Crippen molar-refractivity contribution < 1.29 is 24.3 Å². The quantitative estimate of drug-likeness (QED) is 0.653. The van der Waals surface area contributed by atoms with Crippen molar-refractivity contribution in [1.29, 1.82) is 0 Å². The van der Waals surface area contributed by atoms with E-state index in [1.165, 1.54) is 28.8 Å². The van der Waals surface area contributed by atoms with Gasteiger partial charge >= 0.3 is 5.97 Å². The van der Waals surface area contributed by atoms with Gasteiger partial charge in [-0.25, -0.2) is 0 Å². The predicted molar refractivity (Wildman–Crippen MR) is 88.7 cm³/mol. The summed E-state index contributed by atoms with van der Waals surface area (Å²) < 4.78 is 0. The minimum atomic E-state index is -0.983. The van der Waals surface area contributed by atoms with Gasteiger partial charge in [-0.1, -0.05) is 0 Å². The molecular weight excluding hydrogens is 334 g/mol. The maximum Gasteiger partial charge on any atom is 0.305 e. The number of carbonyl (C=O) groups is 4. The lowest BCUT2D eigenvalue weighted by Crippen LogP contribution is -2.34. The van der Waals surface area contributed by atoms with Crippen LogP contribution in [0.2, 0.25) is 0 Å². The Hall–Kier alpha value is -2.55. The molecule has 3 amide bonds. The normalized spacial score (nSPS) is 13.7. The zero-order valence-electron chi connectivity index (χ0n) is 12.8. The van der Waals surface area contributed by atoms with E-state index in [1.807, 2.05) is 0 Å². The Labute approximate surface area is 142 Å². The fourth-order valence-electron chi connectivity index (χ4n) is 2.00. The van der Waals surface area contributed by atoms with Crippen LogP contribution in [0, 0.1) is 0 Å². The maximum absolute atomic E-state index is 11.9. The number of thioether (sulfide) groups is 1. The summed E-state index contributed by atoms with van der Waals surface area (Å²) in [6, 6.07) is 6.21. The summed E-state index contributed by atoms with van der Waals surface area (Å²) in [4.78, 5) is 47.0. The Morgan fingerprint density at radius 3 is 2.50 bits per heavy atom. The standard InChI is InChI=1S/C15H17N3O5S/c19-12(7-18-9-24-8-13(18)20)17-11-3-1-10(2-4-11)15(23)16-6-5-14(21)22/h1-4H,5-9H2,(H,16,23)(H,17,19)(H,21,22). The minimum absolute atomic E-state index is 0.00323. The van der Waals surface area contributed by atoms with E-state index in [2.05, 4.69) is 10.6 Å². The topological polar surface area (TPSA) is 116 Å². The first kappa shape index (κ1) is 17.8. The van der Waals surface area contributed by atoms with Gasteiger partial charge in [0.25, 0.3) is 5.91 Å². The first-order valence-electron chi connectivity index (χ1n) is 7.21. The number of amides is 3. The molecule has 24 heavy (non-hydrogen) atoms. The van der Waals surface area contributed by atoms with E-state index in [0.717, 1.165) is 0 Å².